The highest BCUT2D eigenvalue weighted by atomic mass is 16.6. The van der Waals surface area contributed by atoms with Crippen LogP contribution in [-0.2, 0) is 4.74 Å². The van der Waals surface area contributed by atoms with Crippen LogP contribution >= 0.6 is 0 Å². The largest absolute Gasteiger partial charge is 0.444 e. The topological polar surface area (TPSA) is 41.6 Å². The lowest BCUT2D eigenvalue weighted by Crippen LogP contribution is -2.50. The van der Waals surface area contributed by atoms with E-state index in [0.717, 1.165) is 26.1 Å². The van der Waals surface area contributed by atoms with Gasteiger partial charge in [0.2, 0.25) is 0 Å². The number of rotatable bonds is 1. The molecule has 1 N–H and O–H groups in total. The Balaban J connectivity index is 1.87. The third kappa shape index (κ3) is 4.37. The lowest BCUT2D eigenvalue weighted by atomic mass is 9.86. The van der Waals surface area contributed by atoms with Crippen LogP contribution in [0, 0.1) is 5.92 Å². The van der Waals surface area contributed by atoms with Gasteiger partial charge in [-0.2, -0.15) is 0 Å². The Morgan fingerprint density at radius 2 is 2.00 bits per heavy atom. The van der Waals surface area contributed by atoms with E-state index in [1.165, 1.54) is 25.7 Å². The highest BCUT2D eigenvalue weighted by molar-refractivity contribution is 5.68. The molecule has 2 aliphatic rings. The van der Waals surface area contributed by atoms with E-state index < -0.39 is 5.60 Å². The maximum atomic E-state index is 12.1. The van der Waals surface area contributed by atoms with Crippen molar-refractivity contribution in [3.63, 3.8) is 0 Å². The van der Waals surface area contributed by atoms with Crippen LogP contribution in [0.15, 0.2) is 0 Å². The van der Waals surface area contributed by atoms with Gasteiger partial charge in [-0.3, -0.25) is 0 Å². The first-order chi connectivity index (χ1) is 8.96. The minimum absolute atomic E-state index is 0.145. The summed E-state index contributed by atoms with van der Waals surface area (Å²) in [5.41, 5.74) is -0.396. The van der Waals surface area contributed by atoms with Crippen molar-refractivity contribution in [3.05, 3.63) is 0 Å². The Morgan fingerprint density at radius 3 is 2.63 bits per heavy atom. The molecule has 4 heteroatoms. The third-order valence-corrected chi connectivity index (χ3v) is 4.03. The highest BCUT2D eigenvalue weighted by Gasteiger charge is 2.31. The fraction of sp³-hybridized carbons (Fsp3) is 0.933. The van der Waals surface area contributed by atoms with E-state index in [9.17, 15) is 4.79 Å². The lowest BCUT2D eigenvalue weighted by molar-refractivity contribution is 0.0138. The summed E-state index contributed by atoms with van der Waals surface area (Å²) in [6.45, 7) is 8.61. The number of ether oxygens (including phenoxy) is 1. The SMILES string of the molecule is CC(C)(C)OC(=O)N1CCC[C@@H]([C@H]2CCCCN2)C1. The fourth-order valence-electron chi connectivity index (χ4n) is 3.11. The van der Waals surface area contributed by atoms with E-state index in [1.54, 1.807) is 0 Å². The standard InChI is InChI=1S/C15H28N2O2/c1-15(2,3)19-14(18)17-10-6-7-12(11-17)13-8-4-5-9-16-13/h12-13,16H,4-11H2,1-3H3/t12-,13-/m1/s1. The minimum Gasteiger partial charge on any atom is -0.444 e. The summed E-state index contributed by atoms with van der Waals surface area (Å²) in [5, 5.41) is 3.62. The Bertz CT molecular complexity index is 306. The normalized spacial score (nSPS) is 29.1. The van der Waals surface area contributed by atoms with E-state index in [0.29, 0.717) is 12.0 Å². The average Bonchev–Trinajstić information content (AvgIpc) is 2.38. The van der Waals surface area contributed by atoms with Crippen LogP contribution < -0.4 is 5.32 Å². The zero-order valence-electron chi connectivity index (χ0n) is 12.6. The van der Waals surface area contributed by atoms with Gasteiger partial charge in [-0.1, -0.05) is 6.42 Å². The van der Waals surface area contributed by atoms with Gasteiger partial charge < -0.3 is 15.0 Å². The summed E-state index contributed by atoms with van der Waals surface area (Å²) in [6, 6.07) is 0.596. The molecule has 0 radical (unpaired) electrons. The van der Waals surface area contributed by atoms with Gasteiger partial charge in [0.25, 0.3) is 0 Å². The van der Waals surface area contributed by atoms with Gasteiger partial charge in [0.05, 0.1) is 0 Å². The van der Waals surface area contributed by atoms with Crippen LogP contribution in [-0.4, -0.2) is 42.3 Å². The Morgan fingerprint density at radius 1 is 1.21 bits per heavy atom. The number of carbonyl (C=O) groups excluding carboxylic acids is 1. The molecular formula is C15H28N2O2. The van der Waals surface area contributed by atoms with Crippen LogP contribution in [0.25, 0.3) is 0 Å². The molecule has 0 saturated carbocycles. The van der Waals surface area contributed by atoms with Gasteiger partial charge in [-0.25, -0.2) is 4.79 Å². The number of hydrogen-bond donors (Lipinski definition) is 1. The van der Waals surface area contributed by atoms with Crippen molar-refractivity contribution in [1.82, 2.24) is 10.2 Å². The van der Waals surface area contributed by atoms with Crippen LogP contribution in [0.4, 0.5) is 4.79 Å². The predicted octanol–water partition coefficient (Wildman–Crippen LogP) is 2.78. The second-order valence-electron chi connectivity index (χ2n) is 6.89. The first kappa shape index (κ1) is 14.6. The first-order valence-electron chi connectivity index (χ1n) is 7.67. The summed E-state index contributed by atoms with van der Waals surface area (Å²) in [7, 11) is 0. The molecule has 0 aromatic heterocycles. The molecule has 2 atom stereocenters. The molecule has 2 fully saturated rings. The zero-order chi connectivity index (χ0) is 13.9. The number of amides is 1. The summed E-state index contributed by atoms with van der Waals surface area (Å²) in [6.07, 6.45) is 6.05. The van der Waals surface area contributed by atoms with Crippen molar-refractivity contribution in [2.24, 2.45) is 5.92 Å². The Hall–Kier alpha value is -0.770. The van der Waals surface area contributed by atoms with Gasteiger partial charge in [0.1, 0.15) is 5.60 Å². The zero-order valence-corrected chi connectivity index (χ0v) is 12.6. The van der Waals surface area contributed by atoms with Gasteiger partial charge in [-0.15, -0.1) is 0 Å². The molecule has 110 valence electrons. The molecule has 0 aliphatic carbocycles. The van der Waals surface area contributed by atoms with E-state index in [2.05, 4.69) is 5.32 Å². The molecular weight excluding hydrogens is 240 g/mol. The van der Waals surface area contributed by atoms with E-state index in [4.69, 9.17) is 4.74 Å². The Labute approximate surface area is 116 Å². The molecule has 2 rings (SSSR count). The minimum atomic E-state index is -0.396. The molecule has 2 heterocycles. The molecule has 2 aliphatic heterocycles. The maximum Gasteiger partial charge on any atom is 0.410 e. The van der Waals surface area contributed by atoms with Crippen molar-refractivity contribution in [2.45, 2.75) is 64.5 Å². The van der Waals surface area contributed by atoms with Crippen LogP contribution in [0.1, 0.15) is 52.9 Å². The molecule has 0 unspecified atom stereocenters. The number of carbonyl (C=O) groups is 1. The quantitative estimate of drug-likeness (QED) is 0.795. The van der Waals surface area contributed by atoms with Crippen LogP contribution in [0.3, 0.4) is 0 Å². The third-order valence-electron chi connectivity index (χ3n) is 4.03. The first-order valence-corrected chi connectivity index (χ1v) is 7.67. The van der Waals surface area contributed by atoms with Crippen molar-refractivity contribution in [2.75, 3.05) is 19.6 Å². The molecule has 1 amide bonds. The summed E-state index contributed by atoms with van der Waals surface area (Å²) in [4.78, 5) is 14.0. The van der Waals surface area contributed by atoms with Gasteiger partial charge in [-0.05, 0) is 58.9 Å². The van der Waals surface area contributed by atoms with Gasteiger partial charge in [0, 0.05) is 19.1 Å². The summed E-state index contributed by atoms with van der Waals surface area (Å²) >= 11 is 0. The second-order valence-corrected chi connectivity index (χ2v) is 6.89. The number of piperidine rings is 2. The molecule has 19 heavy (non-hydrogen) atoms. The van der Waals surface area contributed by atoms with Crippen LogP contribution in [0.5, 0.6) is 0 Å². The van der Waals surface area contributed by atoms with Crippen molar-refractivity contribution < 1.29 is 9.53 Å². The van der Waals surface area contributed by atoms with Crippen molar-refractivity contribution in [1.29, 1.82) is 0 Å². The predicted molar refractivity (Wildman–Crippen MR) is 76.2 cm³/mol. The van der Waals surface area contributed by atoms with Gasteiger partial charge >= 0.3 is 6.09 Å². The van der Waals surface area contributed by atoms with Gasteiger partial charge in [0.15, 0.2) is 0 Å². The molecule has 0 aromatic carbocycles. The van der Waals surface area contributed by atoms with E-state index in [1.807, 2.05) is 25.7 Å². The summed E-state index contributed by atoms with van der Waals surface area (Å²) in [5.74, 6) is 0.599. The number of nitrogens with zero attached hydrogens (tertiary/aromatic N) is 1. The number of likely N-dealkylation sites (tertiary alicyclic amines) is 1. The second kappa shape index (κ2) is 6.12. The number of nitrogens with one attached hydrogen (secondary N) is 1. The average molecular weight is 268 g/mol. The fourth-order valence-corrected chi connectivity index (χ4v) is 3.11. The van der Waals surface area contributed by atoms with Crippen molar-refractivity contribution >= 4 is 6.09 Å². The summed E-state index contributed by atoms with van der Waals surface area (Å²) < 4.78 is 5.48. The van der Waals surface area contributed by atoms with E-state index >= 15 is 0 Å². The molecule has 0 aromatic rings. The Kier molecular flexibility index (Phi) is 4.71. The molecule has 2 saturated heterocycles. The lowest BCUT2D eigenvalue weighted by Gasteiger charge is -2.39. The van der Waals surface area contributed by atoms with E-state index in [-0.39, 0.29) is 6.09 Å². The molecule has 0 spiro atoms. The highest BCUT2D eigenvalue weighted by Crippen LogP contribution is 2.25. The maximum absolute atomic E-state index is 12.1. The molecule has 4 nitrogen and oxygen atoms in total. The number of hydrogen-bond acceptors (Lipinski definition) is 3. The van der Waals surface area contributed by atoms with Crippen molar-refractivity contribution in [3.8, 4) is 0 Å². The smallest absolute Gasteiger partial charge is 0.410 e. The molecule has 0 bridgehead atoms. The van der Waals surface area contributed by atoms with Crippen LogP contribution in [0.2, 0.25) is 0 Å². The monoisotopic (exact) mass is 268 g/mol.